The Hall–Kier alpha value is -2.37. The number of anilines is 1. The molecular formula is C18H24N2O4. The largest absolute Gasteiger partial charge is 0.481 e. The number of benzene rings is 1. The lowest BCUT2D eigenvalue weighted by Crippen LogP contribution is -2.43. The Labute approximate surface area is 141 Å². The number of aliphatic carboxylic acids is 1. The summed E-state index contributed by atoms with van der Waals surface area (Å²) in [4.78, 5) is 37.3. The summed E-state index contributed by atoms with van der Waals surface area (Å²) in [7, 11) is 0. The van der Waals surface area contributed by atoms with Gasteiger partial charge < -0.3 is 15.3 Å². The molecule has 0 saturated carbocycles. The lowest BCUT2D eigenvalue weighted by molar-refractivity contribution is -0.136. The van der Waals surface area contributed by atoms with Crippen molar-refractivity contribution in [1.29, 1.82) is 0 Å². The van der Waals surface area contributed by atoms with Gasteiger partial charge in [0.25, 0.3) is 0 Å². The van der Waals surface area contributed by atoms with E-state index >= 15 is 0 Å². The maximum atomic E-state index is 12.5. The molecule has 0 aliphatic carbocycles. The van der Waals surface area contributed by atoms with E-state index in [9.17, 15) is 14.4 Å². The van der Waals surface area contributed by atoms with Crippen molar-refractivity contribution in [3.05, 3.63) is 29.8 Å². The first-order chi connectivity index (χ1) is 11.5. The molecule has 1 aliphatic rings. The molecule has 0 spiro atoms. The molecule has 1 heterocycles. The number of piperidine rings is 1. The van der Waals surface area contributed by atoms with Crippen LogP contribution in [-0.2, 0) is 20.8 Å². The van der Waals surface area contributed by atoms with Crippen molar-refractivity contribution >= 4 is 23.5 Å². The highest BCUT2D eigenvalue weighted by atomic mass is 16.4. The predicted octanol–water partition coefficient (Wildman–Crippen LogP) is 2.29. The van der Waals surface area contributed by atoms with Gasteiger partial charge in [-0.15, -0.1) is 0 Å². The van der Waals surface area contributed by atoms with Crippen LogP contribution in [0.15, 0.2) is 24.3 Å². The smallest absolute Gasteiger partial charge is 0.307 e. The van der Waals surface area contributed by atoms with E-state index in [1.54, 1.807) is 29.2 Å². The zero-order chi connectivity index (χ0) is 17.5. The highest BCUT2D eigenvalue weighted by Gasteiger charge is 2.28. The second-order valence-electron chi connectivity index (χ2n) is 6.15. The van der Waals surface area contributed by atoms with Gasteiger partial charge in [-0.05, 0) is 30.9 Å². The monoisotopic (exact) mass is 332 g/mol. The molecule has 2 N–H and O–H groups in total. The highest BCUT2D eigenvalue weighted by molar-refractivity contribution is 5.94. The summed E-state index contributed by atoms with van der Waals surface area (Å²) in [6.45, 7) is 3.11. The maximum Gasteiger partial charge on any atom is 0.307 e. The van der Waals surface area contributed by atoms with E-state index in [4.69, 9.17) is 5.11 Å². The van der Waals surface area contributed by atoms with E-state index < -0.39 is 5.97 Å². The normalized spacial score (nSPS) is 17.4. The van der Waals surface area contributed by atoms with Gasteiger partial charge in [0.05, 0.1) is 12.3 Å². The number of likely N-dealkylation sites (tertiary alicyclic amines) is 1. The van der Waals surface area contributed by atoms with Gasteiger partial charge in [0.1, 0.15) is 0 Å². The zero-order valence-electron chi connectivity index (χ0n) is 14.0. The third kappa shape index (κ3) is 4.81. The number of rotatable bonds is 6. The summed E-state index contributed by atoms with van der Waals surface area (Å²) in [5.74, 6) is -1.24. The van der Waals surface area contributed by atoms with Crippen molar-refractivity contribution in [3.63, 3.8) is 0 Å². The van der Waals surface area contributed by atoms with Gasteiger partial charge in [-0.2, -0.15) is 0 Å². The number of carbonyl (C=O) groups excluding carboxylic acids is 2. The van der Waals surface area contributed by atoms with Crippen molar-refractivity contribution in [1.82, 2.24) is 4.90 Å². The van der Waals surface area contributed by atoms with Gasteiger partial charge in [-0.3, -0.25) is 14.4 Å². The fourth-order valence-corrected chi connectivity index (χ4v) is 2.98. The van der Waals surface area contributed by atoms with Crippen LogP contribution in [-0.4, -0.2) is 40.9 Å². The Morgan fingerprint density at radius 2 is 2.04 bits per heavy atom. The quantitative estimate of drug-likeness (QED) is 0.837. The number of para-hydroxylation sites is 1. The molecule has 6 nitrogen and oxygen atoms in total. The third-order valence-corrected chi connectivity index (χ3v) is 4.23. The van der Waals surface area contributed by atoms with Gasteiger partial charge in [-0.25, -0.2) is 0 Å². The Kier molecular flexibility index (Phi) is 6.35. The summed E-state index contributed by atoms with van der Waals surface area (Å²) in [6.07, 6.45) is 2.72. The molecule has 1 saturated heterocycles. The fourth-order valence-electron chi connectivity index (χ4n) is 2.98. The Balaban J connectivity index is 2.02. The molecule has 2 amide bonds. The second kappa shape index (κ2) is 8.47. The van der Waals surface area contributed by atoms with Crippen LogP contribution < -0.4 is 5.32 Å². The molecule has 2 rings (SSSR count). The van der Waals surface area contributed by atoms with Gasteiger partial charge in [0.15, 0.2) is 0 Å². The highest BCUT2D eigenvalue weighted by Crippen LogP contribution is 2.22. The Bertz CT molecular complexity index is 615. The van der Waals surface area contributed by atoms with E-state index in [0.717, 1.165) is 19.3 Å². The molecule has 0 radical (unpaired) electrons. The van der Waals surface area contributed by atoms with E-state index in [2.05, 4.69) is 5.32 Å². The van der Waals surface area contributed by atoms with Gasteiger partial charge >= 0.3 is 5.97 Å². The first kappa shape index (κ1) is 18.0. The molecule has 1 fully saturated rings. The second-order valence-corrected chi connectivity index (χ2v) is 6.15. The molecule has 1 atom stereocenters. The predicted molar refractivity (Wildman–Crippen MR) is 90.6 cm³/mol. The molecule has 6 heteroatoms. The molecule has 1 unspecified atom stereocenters. The van der Waals surface area contributed by atoms with Gasteiger partial charge in [-0.1, -0.05) is 25.1 Å². The summed E-state index contributed by atoms with van der Waals surface area (Å²) < 4.78 is 0. The minimum atomic E-state index is -0.939. The number of hydrogen-bond donors (Lipinski definition) is 2. The summed E-state index contributed by atoms with van der Waals surface area (Å²) >= 11 is 0. The number of carbonyl (C=O) groups is 3. The average molecular weight is 332 g/mol. The topological polar surface area (TPSA) is 86.7 Å². The van der Waals surface area contributed by atoms with Crippen LogP contribution in [0.1, 0.15) is 38.2 Å². The lowest BCUT2D eigenvalue weighted by atomic mass is 9.96. The van der Waals surface area contributed by atoms with Crippen LogP contribution in [0.25, 0.3) is 0 Å². The minimum absolute atomic E-state index is 0.0984. The molecule has 0 bridgehead atoms. The zero-order valence-corrected chi connectivity index (χ0v) is 14.0. The van der Waals surface area contributed by atoms with E-state index in [0.29, 0.717) is 30.8 Å². The van der Waals surface area contributed by atoms with E-state index in [1.165, 1.54) is 0 Å². The van der Waals surface area contributed by atoms with Crippen LogP contribution in [0.3, 0.4) is 0 Å². The van der Waals surface area contributed by atoms with Crippen LogP contribution in [0.2, 0.25) is 0 Å². The minimum Gasteiger partial charge on any atom is -0.481 e. The molecular weight excluding hydrogens is 308 g/mol. The third-order valence-electron chi connectivity index (χ3n) is 4.23. The number of nitrogens with zero attached hydrogens (tertiary/aromatic N) is 1. The Morgan fingerprint density at radius 1 is 1.29 bits per heavy atom. The molecule has 1 aromatic carbocycles. The lowest BCUT2D eigenvalue weighted by Gasteiger charge is -2.32. The molecule has 1 aliphatic heterocycles. The first-order valence-electron chi connectivity index (χ1n) is 8.39. The first-order valence-corrected chi connectivity index (χ1v) is 8.39. The number of carboxylic acids is 1. The van der Waals surface area contributed by atoms with Crippen LogP contribution in [0.5, 0.6) is 0 Å². The van der Waals surface area contributed by atoms with Crippen molar-refractivity contribution in [2.24, 2.45) is 5.92 Å². The summed E-state index contributed by atoms with van der Waals surface area (Å²) in [6, 6.07) is 6.92. The number of nitrogens with one attached hydrogen (secondary N) is 1. The standard InChI is InChI=1S/C18H24N2O4/c1-2-6-16(21)20-10-5-8-14(12-20)18(24)19-15-9-4-3-7-13(15)11-17(22)23/h3-4,7,9,14H,2,5-6,8,10-12H2,1H3,(H,19,24)(H,22,23). The maximum absolute atomic E-state index is 12.5. The van der Waals surface area contributed by atoms with Crippen molar-refractivity contribution in [2.75, 3.05) is 18.4 Å². The average Bonchev–Trinajstić information content (AvgIpc) is 2.56. The number of carboxylic acid groups (broad SMARTS) is 1. The van der Waals surface area contributed by atoms with Crippen LogP contribution >= 0.6 is 0 Å². The van der Waals surface area contributed by atoms with E-state index in [-0.39, 0.29) is 24.2 Å². The molecule has 24 heavy (non-hydrogen) atoms. The van der Waals surface area contributed by atoms with Crippen molar-refractivity contribution in [3.8, 4) is 0 Å². The molecule has 1 aromatic rings. The van der Waals surface area contributed by atoms with Crippen LogP contribution in [0, 0.1) is 5.92 Å². The molecule has 0 aromatic heterocycles. The van der Waals surface area contributed by atoms with E-state index in [1.807, 2.05) is 6.92 Å². The van der Waals surface area contributed by atoms with Crippen molar-refractivity contribution in [2.45, 2.75) is 39.0 Å². The van der Waals surface area contributed by atoms with Crippen molar-refractivity contribution < 1.29 is 19.5 Å². The SMILES string of the molecule is CCCC(=O)N1CCCC(C(=O)Nc2ccccc2CC(=O)O)C1. The van der Waals surface area contributed by atoms with Gasteiger partial charge in [0.2, 0.25) is 11.8 Å². The summed E-state index contributed by atoms with van der Waals surface area (Å²) in [5, 5.41) is 11.8. The van der Waals surface area contributed by atoms with Crippen LogP contribution in [0.4, 0.5) is 5.69 Å². The Morgan fingerprint density at radius 3 is 2.75 bits per heavy atom. The molecule has 130 valence electrons. The summed E-state index contributed by atoms with van der Waals surface area (Å²) in [5.41, 5.74) is 1.11. The number of hydrogen-bond acceptors (Lipinski definition) is 3. The fraction of sp³-hybridized carbons (Fsp3) is 0.500. The van der Waals surface area contributed by atoms with Gasteiger partial charge in [0, 0.05) is 25.2 Å². The number of amides is 2.